The van der Waals surface area contributed by atoms with Crippen molar-refractivity contribution in [2.24, 2.45) is 5.92 Å². The van der Waals surface area contributed by atoms with Gasteiger partial charge in [-0.05, 0) is 25.7 Å². The Kier molecular flexibility index (Phi) is 5.79. The van der Waals surface area contributed by atoms with Crippen molar-refractivity contribution in [1.82, 2.24) is 4.90 Å². The molecule has 0 aromatic heterocycles. The third-order valence-electron chi connectivity index (χ3n) is 3.93. The van der Waals surface area contributed by atoms with E-state index in [1.54, 1.807) is 0 Å². The first kappa shape index (κ1) is 15.3. The van der Waals surface area contributed by atoms with Crippen molar-refractivity contribution in [2.45, 2.75) is 38.2 Å². The van der Waals surface area contributed by atoms with Crippen LogP contribution in [0.4, 0.5) is 0 Å². The molecule has 0 bridgehead atoms. The van der Waals surface area contributed by atoms with Gasteiger partial charge in [-0.2, -0.15) is 0 Å². The van der Waals surface area contributed by atoms with E-state index in [9.17, 15) is 9.59 Å². The molecule has 2 rings (SSSR count). The summed E-state index contributed by atoms with van der Waals surface area (Å²) in [4.78, 5) is 24.6. The molecule has 0 spiro atoms. The smallest absolute Gasteiger partial charge is 0.305 e. The van der Waals surface area contributed by atoms with Crippen molar-refractivity contribution in [3.63, 3.8) is 0 Å². The lowest BCUT2D eigenvalue weighted by Crippen LogP contribution is -2.45. The van der Waals surface area contributed by atoms with Gasteiger partial charge in [0.2, 0.25) is 5.91 Å². The van der Waals surface area contributed by atoms with Gasteiger partial charge in [0, 0.05) is 19.7 Å². The van der Waals surface area contributed by atoms with Gasteiger partial charge in [-0.1, -0.05) is 0 Å². The van der Waals surface area contributed by atoms with Crippen molar-refractivity contribution in [1.29, 1.82) is 0 Å². The molecule has 0 aromatic rings. The molecule has 0 saturated carbocycles. The van der Waals surface area contributed by atoms with Crippen LogP contribution in [0.15, 0.2) is 0 Å². The molecule has 2 heterocycles. The first-order valence-corrected chi connectivity index (χ1v) is 7.36. The molecule has 6 nitrogen and oxygen atoms in total. The molecule has 1 unspecified atom stereocenters. The van der Waals surface area contributed by atoms with Crippen LogP contribution in [-0.4, -0.2) is 60.9 Å². The summed E-state index contributed by atoms with van der Waals surface area (Å²) in [5.41, 5.74) is 0. The number of carboxylic acid groups (broad SMARTS) is 1. The van der Waals surface area contributed by atoms with Gasteiger partial charge in [0.25, 0.3) is 0 Å². The van der Waals surface area contributed by atoms with Gasteiger partial charge in [-0.15, -0.1) is 0 Å². The highest BCUT2D eigenvalue weighted by Gasteiger charge is 2.29. The Hall–Kier alpha value is -1.14. The molecular weight excluding hydrogens is 262 g/mol. The highest BCUT2D eigenvalue weighted by atomic mass is 16.5. The summed E-state index contributed by atoms with van der Waals surface area (Å²) in [6.45, 7) is 2.97. The molecule has 1 N–H and O–H groups in total. The second-order valence-electron chi connectivity index (χ2n) is 5.45. The fraction of sp³-hybridized carbons (Fsp3) is 0.857. The zero-order chi connectivity index (χ0) is 14.4. The minimum absolute atomic E-state index is 0.0215. The zero-order valence-electron chi connectivity index (χ0n) is 11.8. The summed E-state index contributed by atoms with van der Waals surface area (Å²) in [6.07, 6.45) is 3.59. The van der Waals surface area contributed by atoms with E-state index in [1.165, 1.54) is 0 Å². The molecule has 20 heavy (non-hydrogen) atoms. The highest BCUT2D eigenvalue weighted by molar-refractivity contribution is 5.79. The van der Waals surface area contributed by atoms with Crippen molar-refractivity contribution in [2.75, 3.05) is 32.9 Å². The minimum Gasteiger partial charge on any atom is -0.481 e. The third kappa shape index (κ3) is 4.45. The first-order chi connectivity index (χ1) is 9.66. The minimum atomic E-state index is -0.838. The largest absolute Gasteiger partial charge is 0.481 e. The average Bonchev–Trinajstić information content (AvgIpc) is 2.48. The predicted octanol–water partition coefficient (Wildman–Crippen LogP) is 0.895. The van der Waals surface area contributed by atoms with Crippen molar-refractivity contribution in [3.05, 3.63) is 0 Å². The van der Waals surface area contributed by atoms with Gasteiger partial charge < -0.3 is 19.5 Å². The van der Waals surface area contributed by atoms with Crippen LogP contribution in [0.1, 0.15) is 32.1 Å². The van der Waals surface area contributed by atoms with Gasteiger partial charge in [0.05, 0.1) is 31.7 Å². The number of carboxylic acids is 1. The van der Waals surface area contributed by atoms with E-state index in [-0.39, 0.29) is 31.0 Å². The van der Waals surface area contributed by atoms with Crippen LogP contribution in [0.2, 0.25) is 0 Å². The Labute approximate surface area is 119 Å². The van der Waals surface area contributed by atoms with E-state index in [2.05, 4.69) is 0 Å². The van der Waals surface area contributed by atoms with Crippen LogP contribution >= 0.6 is 0 Å². The van der Waals surface area contributed by atoms with Crippen LogP contribution in [0.3, 0.4) is 0 Å². The monoisotopic (exact) mass is 285 g/mol. The molecule has 0 aromatic carbocycles. The summed E-state index contributed by atoms with van der Waals surface area (Å²) < 4.78 is 10.9. The lowest BCUT2D eigenvalue weighted by molar-refractivity contribution is -0.142. The predicted molar refractivity (Wildman–Crippen MR) is 71.3 cm³/mol. The maximum atomic E-state index is 12.3. The number of carbonyl (C=O) groups is 2. The number of hydrogen-bond donors (Lipinski definition) is 1. The Morgan fingerprint density at radius 2 is 2.00 bits per heavy atom. The van der Waals surface area contributed by atoms with Gasteiger partial charge in [-0.25, -0.2) is 0 Å². The van der Waals surface area contributed by atoms with E-state index < -0.39 is 5.97 Å². The first-order valence-electron chi connectivity index (χ1n) is 7.36. The summed E-state index contributed by atoms with van der Waals surface area (Å²) in [5, 5.41) is 8.56. The van der Waals surface area contributed by atoms with Crippen molar-refractivity contribution >= 4 is 11.9 Å². The van der Waals surface area contributed by atoms with E-state index >= 15 is 0 Å². The fourth-order valence-corrected chi connectivity index (χ4v) is 2.75. The molecule has 114 valence electrons. The number of aliphatic carboxylic acids is 1. The number of likely N-dealkylation sites (tertiary alicyclic amines) is 1. The molecule has 0 aliphatic carbocycles. The molecule has 0 radical (unpaired) electrons. The van der Waals surface area contributed by atoms with Crippen LogP contribution in [0, 0.1) is 5.92 Å². The summed E-state index contributed by atoms with van der Waals surface area (Å²) >= 11 is 0. The zero-order valence-corrected chi connectivity index (χ0v) is 11.8. The van der Waals surface area contributed by atoms with Crippen LogP contribution in [0.5, 0.6) is 0 Å². The normalized spacial score (nSPS) is 24.6. The Morgan fingerprint density at radius 1 is 1.25 bits per heavy atom. The molecular formula is C14H23NO5. The second-order valence-corrected chi connectivity index (χ2v) is 5.45. The lowest BCUT2D eigenvalue weighted by atomic mass is 9.98. The van der Waals surface area contributed by atoms with Crippen molar-refractivity contribution in [3.8, 4) is 0 Å². The summed E-state index contributed by atoms with van der Waals surface area (Å²) in [7, 11) is 0. The maximum absolute atomic E-state index is 12.3. The second kappa shape index (κ2) is 7.59. The number of carbonyl (C=O) groups excluding carboxylic acids is 1. The SMILES string of the molecule is O=C(O)CCOC1CCN(C(=O)C2CCCOC2)CC1. The number of ether oxygens (including phenoxy) is 2. The summed E-state index contributed by atoms with van der Waals surface area (Å²) in [5.74, 6) is -0.614. The Morgan fingerprint density at radius 3 is 2.60 bits per heavy atom. The van der Waals surface area contributed by atoms with Gasteiger partial charge in [0.15, 0.2) is 0 Å². The molecule has 6 heteroatoms. The fourth-order valence-electron chi connectivity index (χ4n) is 2.75. The molecule has 2 aliphatic heterocycles. The van der Waals surface area contributed by atoms with E-state index in [0.717, 1.165) is 32.3 Å². The molecule has 1 atom stereocenters. The average molecular weight is 285 g/mol. The number of piperidine rings is 1. The van der Waals surface area contributed by atoms with E-state index in [1.807, 2.05) is 4.90 Å². The van der Waals surface area contributed by atoms with Crippen molar-refractivity contribution < 1.29 is 24.2 Å². The standard InChI is InChI=1S/C14H23NO5/c16-13(17)5-9-20-12-3-6-15(7-4-12)14(18)11-2-1-8-19-10-11/h11-12H,1-10H2,(H,16,17). The maximum Gasteiger partial charge on any atom is 0.305 e. The highest BCUT2D eigenvalue weighted by Crippen LogP contribution is 2.20. The number of amides is 1. The van der Waals surface area contributed by atoms with E-state index in [0.29, 0.717) is 19.7 Å². The van der Waals surface area contributed by atoms with E-state index in [4.69, 9.17) is 14.6 Å². The van der Waals surface area contributed by atoms with Gasteiger partial charge in [-0.3, -0.25) is 9.59 Å². The molecule has 2 fully saturated rings. The van der Waals surface area contributed by atoms with Crippen LogP contribution in [0.25, 0.3) is 0 Å². The molecule has 2 aliphatic rings. The van der Waals surface area contributed by atoms with Gasteiger partial charge in [0.1, 0.15) is 0 Å². The van der Waals surface area contributed by atoms with Gasteiger partial charge >= 0.3 is 5.97 Å². The topological polar surface area (TPSA) is 76.1 Å². The summed E-state index contributed by atoms with van der Waals surface area (Å²) in [6, 6.07) is 0. The third-order valence-corrected chi connectivity index (χ3v) is 3.93. The number of hydrogen-bond acceptors (Lipinski definition) is 4. The van der Waals surface area contributed by atoms with Crippen LogP contribution in [-0.2, 0) is 19.1 Å². The molecule has 1 amide bonds. The number of rotatable bonds is 5. The lowest BCUT2D eigenvalue weighted by Gasteiger charge is -2.35. The Bertz CT molecular complexity index is 332. The van der Waals surface area contributed by atoms with Crippen LogP contribution < -0.4 is 0 Å². The Balaban J connectivity index is 1.68. The molecule has 2 saturated heterocycles. The quantitative estimate of drug-likeness (QED) is 0.812. The number of nitrogens with zero attached hydrogens (tertiary/aromatic N) is 1.